The van der Waals surface area contributed by atoms with Gasteiger partial charge >= 0.3 is 0 Å². The molecule has 0 fully saturated rings. The number of aromatic amines is 1. The fourth-order valence-corrected chi connectivity index (χ4v) is 2.40. The Morgan fingerprint density at radius 3 is 2.79 bits per heavy atom. The highest BCUT2D eigenvalue weighted by Gasteiger charge is 2.11. The summed E-state index contributed by atoms with van der Waals surface area (Å²) in [5.41, 5.74) is 0.329. The summed E-state index contributed by atoms with van der Waals surface area (Å²) >= 11 is 11.4. The lowest BCUT2D eigenvalue weighted by Crippen LogP contribution is -2.29. The van der Waals surface area contributed by atoms with E-state index in [-0.39, 0.29) is 22.1 Å². The van der Waals surface area contributed by atoms with Crippen molar-refractivity contribution in [3.05, 3.63) is 67.3 Å². The SMILES string of the molecule is O=C(Cn1ncc(Cl)c(Cl)c1=O)Nc1ccc2[nH]c(=O)ccc2c1. The van der Waals surface area contributed by atoms with E-state index >= 15 is 0 Å². The van der Waals surface area contributed by atoms with Crippen molar-refractivity contribution in [1.82, 2.24) is 14.8 Å². The molecule has 3 rings (SSSR count). The number of anilines is 1. The maximum Gasteiger partial charge on any atom is 0.287 e. The van der Waals surface area contributed by atoms with E-state index in [4.69, 9.17) is 23.2 Å². The molecule has 2 heterocycles. The van der Waals surface area contributed by atoms with Gasteiger partial charge in [0.25, 0.3) is 5.56 Å². The summed E-state index contributed by atoms with van der Waals surface area (Å²) in [7, 11) is 0. The van der Waals surface area contributed by atoms with Crippen LogP contribution in [0, 0.1) is 0 Å². The Balaban J connectivity index is 1.80. The number of benzene rings is 1. The number of nitrogens with one attached hydrogen (secondary N) is 2. The molecule has 0 aliphatic rings. The van der Waals surface area contributed by atoms with Gasteiger partial charge in [0.1, 0.15) is 11.6 Å². The van der Waals surface area contributed by atoms with Crippen molar-refractivity contribution in [2.45, 2.75) is 6.54 Å². The Labute approximate surface area is 144 Å². The highest BCUT2D eigenvalue weighted by Crippen LogP contribution is 2.16. The lowest BCUT2D eigenvalue weighted by atomic mass is 10.2. The van der Waals surface area contributed by atoms with E-state index in [2.05, 4.69) is 15.4 Å². The quantitative estimate of drug-likeness (QED) is 0.742. The number of hydrogen-bond donors (Lipinski definition) is 2. The second-order valence-corrected chi connectivity index (χ2v) is 5.73. The molecule has 2 N–H and O–H groups in total. The van der Waals surface area contributed by atoms with E-state index in [9.17, 15) is 14.4 Å². The molecular formula is C15H10Cl2N4O3. The molecule has 9 heteroatoms. The molecule has 7 nitrogen and oxygen atoms in total. The molecule has 2 aromatic heterocycles. The van der Waals surface area contributed by atoms with E-state index in [0.717, 1.165) is 10.1 Å². The van der Waals surface area contributed by atoms with Crippen molar-refractivity contribution in [2.75, 3.05) is 5.32 Å². The summed E-state index contributed by atoms with van der Waals surface area (Å²) in [6.45, 7) is -0.306. The molecule has 0 radical (unpaired) electrons. The predicted octanol–water partition coefficient (Wildman–Crippen LogP) is 2.03. The maximum atomic E-state index is 12.1. The van der Waals surface area contributed by atoms with Crippen LogP contribution in [0.1, 0.15) is 0 Å². The smallest absolute Gasteiger partial charge is 0.287 e. The van der Waals surface area contributed by atoms with Gasteiger partial charge in [-0.1, -0.05) is 23.2 Å². The predicted molar refractivity (Wildman–Crippen MR) is 91.7 cm³/mol. The van der Waals surface area contributed by atoms with Crippen LogP contribution in [0.2, 0.25) is 10.0 Å². The van der Waals surface area contributed by atoms with Crippen molar-refractivity contribution in [2.24, 2.45) is 0 Å². The zero-order valence-electron chi connectivity index (χ0n) is 12.0. The molecule has 0 saturated heterocycles. The molecule has 0 spiro atoms. The fourth-order valence-electron chi connectivity index (χ4n) is 2.13. The number of hydrogen-bond acceptors (Lipinski definition) is 4. The van der Waals surface area contributed by atoms with Gasteiger partial charge in [-0.3, -0.25) is 14.4 Å². The van der Waals surface area contributed by atoms with E-state index < -0.39 is 11.5 Å². The third-order valence-electron chi connectivity index (χ3n) is 3.24. The number of carbonyl (C=O) groups excluding carboxylic acids is 1. The molecule has 0 atom stereocenters. The normalized spacial score (nSPS) is 10.8. The van der Waals surface area contributed by atoms with Crippen molar-refractivity contribution >= 4 is 45.7 Å². The summed E-state index contributed by atoms with van der Waals surface area (Å²) in [4.78, 5) is 37.9. The molecular weight excluding hydrogens is 355 g/mol. The Kier molecular flexibility index (Phi) is 4.37. The molecule has 0 saturated carbocycles. The molecule has 3 aromatic rings. The van der Waals surface area contributed by atoms with E-state index in [1.54, 1.807) is 24.3 Å². The third-order valence-corrected chi connectivity index (χ3v) is 3.99. The Morgan fingerprint density at radius 2 is 2.00 bits per heavy atom. The number of rotatable bonds is 3. The minimum Gasteiger partial charge on any atom is -0.324 e. The molecule has 0 bridgehead atoms. The van der Waals surface area contributed by atoms with Gasteiger partial charge in [0.2, 0.25) is 11.5 Å². The minimum atomic E-state index is -0.643. The number of aromatic nitrogens is 3. The van der Waals surface area contributed by atoms with Crippen LogP contribution in [0.3, 0.4) is 0 Å². The molecule has 0 aliphatic carbocycles. The van der Waals surface area contributed by atoms with E-state index in [0.29, 0.717) is 11.2 Å². The summed E-state index contributed by atoms with van der Waals surface area (Å²) in [6.07, 6.45) is 1.20. The Morgan fingerprint density at radius 1 is 1.21 bits per heavy atom. The lowest BCUT2D eigenvalue weighted by Gasteiger charge is -2.08. The fraction of sp³-hybridized carbons (Fsp3) is 0.0667. The topological polar surface area (TPSA) is 96.8 Å². The first-order chi connectivity index (χ1) is 11.4. The second kappa shape index (κ2) is 6.46. The Hall–Kier alpha value is -2.64. The van der Waals surface area contributed by atoms with Crippen LogP contribution in [0.5, 0.6) is 0 Å². The molecule has 0 aliphatic heterocycles. The first kappa shape index (κ1) is 16.2. The molecule has 1 amide bonds. The number of carbonyl (C=O) groups is 1. The van der Waals surface area contributed by atoms with Crippen LogP contribution in [-0.4, -0.2) is 20.7 Å². The number of pyridine rings is 1. The van der Waals surface area contributed by atoms with Gasteiger partial charge in [0.05, 0.1) is 11.2 Å². The monoisotopic (exact) mass is 364 g/mol. The van der Waals surface area contributed by atoms with Crippen LogP contribution >= 0.6 is 23.2 Å². The molecule has 24 heavy (non-hydrogen) atoms. The zero-order valence-corrected chi connectivity index (χ0v) is 13.6. The summed E-state index contributed by atoms with van der Waals surface area (Å²) in [6, 6.07) is 8.06. The Bertz CT molecular complexity index is 1060. The van der Waals surface area contributed by atoms with Crippen LogP contribution in [-0.2, 0) is 11.3 Å². The van der Waals surface area contributed by atoms with Crippen LogP contribution in [0.25, 0.3) is 10.9 Å². The van der Waals surface area contributed by atoms with Gasteiger partial charge in [0, 0.05) is 22.7 Å². The average molecular weight is 365 g/mol. The number of nitrogens with zero attached hydrogens (tertiary/aromatic N) is 2. The van der Waals surface area contributed by atoms with Gasteiger partial charge < -0.3 is 10.3 Å². The molecule has 122 valence electrons. The van der Waals surface area contributed by atoms with Gasteiger partial charge in [-0.25, -0.2) is 4.68 Å². The highest BCUT2D eigenvalue weighted by molar-refractivity contribution is 6.41. The van der Waals surface area contributed by atoms with Gasteiger partial charge in [-0.2, -0.15) is 5.10 Å². The van der Waals surface area contributed by atoms with Crippen LogP contribution < -0.4 is 16.4 Å². The second-order valence-electron chi connectivity index (χ2n) is 4.94. The van der Waals surface area contributed by atoms with Gasteiger partial charge in [-0.15, -0.1) is 0 Å². The van der Waals surface area contributed by atoms with E-state index in [1.165, 1.54) is 12.3 Å². The minimum absolute atomic E-state index is 0.0295. The molecule has 1 aromatic carbocycles. The van der Waals surface area contributed by atoms with Crippen molar-refractivity contribution in [1.29, 1.82) is 0 Å². The average Bonchev–Trinajstić information content (AvgIpc) is 2.55. The summed E-state index contributed by atoms with van der Waals surface area (Å²) < 4.78 is 0.919. The van der Waals surface area contributed by atoms with Crippen molar-refractivity contribution in [3.63, 3.8) is 0 Å². The zero-order chi connectivity index (χ0) is 17.3. The van der Waals surface area contributed by atoms with Crippen LogP contribution in [0.15, 0.2) is 46.1 Å². The van der Waals surface area contributed by atoms with Gasteiger partial charge in [0.15, 0.2) is 0 Å². The number of fused-ring (bicyclic) bond motifs is 1. The first-order valence-corrected chi connectivity index (χ1v) is 7.54. The molecule has 0 unspecified atom stereocenters. The van der Waals surface area contributed by atoms with Crippen molar-refractivity contribution < 1.29 is 4.79 Å². The standard InChI is InChI=1S/C15H10Cl2N4O3/c16-10-6-18-21(15(24)14(10)17)7-13(23)19-9-2-3-11-8(5-9)1-4-12(22)20-11/h1-6H,7H2,(H,19,23)(H,20,22). The van der Waals surface area contributed by atoms with Crippen LogP contribution in [0.4, 0.5) is 5.69 Å². The van der Waals surface area contributed by atoms with Gasteiger partial charge in [-0.05, 0) is 24.3 Å². The largest absolute Gasteiger partial charge is 0.324 e. The number of H-pyrrole nitrogens is 1. The van der Waals surface area contributed by atoms with Crippen molar-refractivity contribution in [3.8, 4) is 0 Å². The van der Waals surface area contributed by atoms with E-state index in [1.807, 2.05) is 0 Å². The first-order valence-electron chi connectivity index (χ1n) is 6.78. The highest BCUT2D eigenvalue weighted by atomic mass is 35.5. The number of amides is 1. The lowest BCUT2D eigenvalue weighted by molar-refractivity contribution is -0.117. The summed E-state index contributed by atoms with van der Waals surface area (Å²) in [5, 5.41) is 7.02. The third kappa shape index (κ3) is 3.32. The number of halogens is 2. The summed E-state index contributed by atoms with van der Waals surface area (Å²) in [5.74, 6) is -0.452. The maximum absolute atomic E-state index is 12.1.